The Morgan fingerprint density at radius 2 is 0.881 bits per heavy atom. The molecule has 9 nitrogen and oxygen atoms in total. The Labute approximate surface area is 866 Å². The lowest BCUT2D eigenvalue weighted by Crippen LogP contribution is -2.22. The number of nitrogens with zero attached hydrogens (tertiary/aromatic N) is 3. The summed E-state index contributed by atoms with van der Waals surface area (Å²) < 4.78 is 26.0. The molecule has 8 aliphatic rings. The van der Waals surface area contributed by atoms with E-state index in [9.17, 15) is 0 Å². The van der Waals surface area contributed by atoms with Gasteiger partial charge in [0.1, 0.15) is 18.3 Å². The second kappa shape index (κ2) is 116. The summed E-state index contributed by atoms with van der Waals surface area (Å²) in [5.41, 5.74) is 3.84. The Balaban J connectivity index is -0.000000107. The number of thioether (sulfide) groups is 3. The van der Waals surface area contributed by atoms with Crippen LogP contribution in [0.1, 0.15) is 519 Å². The first-order valence-corrected chi connectivity index (χ1v) is 59.5. The van der Waals surface area contributed by atoms with Crippen molar-refractivity contribution < 1.29 is 22.7 Å². The van der Waals surface area contributed by atoms with Crippen LogP contribution in [0.2, 0.25) is 0 Å². The molecule has 6 atom stereocenters. The SMILES string of the molecule is C1CCNC1.C1CCSC1.CC.CC.CC.CC.CC.CC.CC.CC.CC.CC.CC.CC(C)(C)CC1C=CCCC1.CC(C)(C)CC1C=CCCO1.CC(C)(C)CC1C=CCCS1.CC(C)(C)CC1CC=CCC1.CC(C)(C)CC1CC=CCO1.CC(C)(C)CC1CC=CCS1.CC(C)Cc1cnco1.CC(C)Cc1cocn1.CC(C)Cc1ncco1.CCC(C)C.CCC(C)C. The van der Waals surface area contributed by atoms with Crippen molar-refractivity contribution in [2.45, 2.75) is 543 Å². The second-order valence-corrected chi connectivity index (χ2v) is 45.4. The zero-order valence-corrected chi connectivity index (χ0v) is 104. The van der Waals surface area contributed by atoms with Crippen LogP contribution in [0.25, 0.3) is 0 Å². The molecule has 0 spiro atoms. The molecule has 135 heavy (non-hydrogen) atoms. The fourth-order valence-electron chi connectivity index (χ4n) is 12.5. The maximum Gasteiger partial charge on any atom is 0.194 e. The van der Waals surface area contributed by atoms with E-state index in [1.54, 1.807) is 24.9 Å². The highest BCUT2D eigenvalue weighted by atomic mass is 32.2. The van der Waals surface area contributed by atoms with Gasteiger partial charge in [-0.15, -0.1) is 0 Å². The van der Waals surface area contributed by atoms with Gasteiger partial charge in [-0.25, -0.2) is 15.0 Å². The van der Waals surface area contributed by atoms with E-state index < -0.39 is 0 Å². The van der Waals surface area contributed by atoms with Crippen molar-refractivity contribution >= 4 is 35.3 Å². The Morgan fingerprint density at radius 3 is 1.21 bits per heavy atom. The predicted molar refractivity (Wildman–Crippen MR) is 633 cm³/mol. The van der Waals surface area contributed by atoms with E-state index in [1.807, 2.05) is 152 Å². The van der Waals surface area contributed by atoms with Crippen molar-refractivity contribution in [3.63, 3.8) is 0 Å². The second-order valence-electron chi connectivity index (χ2n) is 41.5. The lowest BCUT2D eigenvalue weighted by Gasteiger charge is -2.26. The van der Waals surface area contributed by atoms with E-state index in [0.717, 1.165) is 110 Å². The van der Waals surface area contributed by atoms with Gasteiger partial charge in [0.05, 0.1) is 43.5 Å². The Hall–Kier alpha value is -3.00. The molecule has 2 aliphatic carbocycles. The number of ether oxygens (including phenoxy) is 2. The van der Waals surface area contributed by atoms with E-state index in [2.05, 4.69) is 336 Å². The molecule has 2 saturated heterocycles. The van der Waals surface area contributed by atoms with Gasteiger partial charge in [-0.05, 0) is 239 Å². The summed E-state index contributed by atoms with van der Waals surface area (Å²) in [5, 5.41) is 4.88. The first kappa shape index (κ1) is 160. The Kier molecular flexibility index (Phi) is 138. The average molecular weight is 1960 g/mol. The molecule has 0 saturated carbocycles. The molecule has 11 rings (SSSR count). The third-order valence-corrected chi connectivity index (χ3v) is 22.0. The third kappa shape index (κ3) is 146. The number of oxazole rings is 3. The van der Waals surface area contributed by atoms with Crippen molar-refractivity contribution in [3.8, 4) is 0 Å². The molecule has 0 aromatic carbocycles. The summed E-state index contributed by atoms with van der Waals surface area (Å²) in [5.74, 6) is 12.7. The van der Waals surface area contributed by atoms with Gasteiger partial charge in [-0.1, -0.05) is 446 Å². The zero-order valence-electron chi connectivity index (χ0n) is 102. The van der Waals surface area contributed by atoms with Crippen molar-refractivity contribution in [1.82, 2.24) is 20.3 Å². The van der Waals surface area contributed by atoms with Gasteiger partial charge >= 0.3 is 0 Å². The van der Waals surface area contributed by atoms with Gasteiger partial charge in [-0.3, -0.25) is 0 Å². The summed E-state index contributed by atoms with van der Waals surface area (Å²) in [6.07, 6.45) is 69.8. The molecular formula is C123H252N4O5S3. The minimum atomic E-state index is 0.365. The standard InChI is InChI=1S/2C11H20.2C10H18O.2C10H18S.3C7H11NO.2C5H12.C4H9N.C4H8S.11C2H6/c2*1-11(2,3)9-10-7-5-4-6-8-10;4*1-10(2,3)8-9-6-4-5-7-11-9;1-6(2)3-7-4-9-5-8-7;1-6(2)3-7-4-8-5-9-7;1-6(2)5-7-8-3-4-9-7;2*1-4-5(2)3;2*1-2-4-5-3-1;11*1-2/h5,7,10H,4,6,8-9H2,1-3H3;4-5,10H,6-9H2,1-3H3;4,6,9H,5,7-8H2,1-3H3;4-5,9H,6-8H2,1-3H3;4,6,9H,5,7-8H2,1-3H3;4-5,9H,6-8H2,1-3H3;2*4-6H,3H2,1-2H3;3-4,6H,5H2,1-2H3;2*5H,4H2,1-3H3;5H,1-4H2;1-4H2;11*1-2H3. The first-order valence-electron chi connectivity index (χ1n) is 56.2. The quantitative estimate of drug-likeness (QED) is 0.155. The lowest BCUT2D eigenvalue weighted by atomic mass is 9.80. The predicted octanol–water partition coefficient (Wildman–Crippen LogP) is 43.0. The average Bonchev–Trinajstić information content (AvgIpc) is 1.73. The molecule has 3 aromatic heterocycles. The van der Waals surface area contributed by atoms with Crippen LogP contribution in [-0.2, 0) is 28.7 Å². The molecule has 0 bridgehead atoms. The van der Waals surface area contributed by atoms with Crippen LogP contribution >= 0.6 is 35.3 Å². The number of nitrogens with one attached hydrogen (secondary N) is 1. The number of aromatic nitrogens is 3. The number of rotatable bonds is 14. The molecule has 6 aliphatic heterocycles. The highest BCUT2D eigenvalue weighted by molar-refractivity contribution is 8.00. The fourth-order valence-corrected chi connectivity index (χ4v) is 16.4. The molecule has 812 valence electrons. The van der Waals surface area contributed by atoms with Gasteiger partial charge in [0.25, 0.3) is 0 Å². The topological polar surface area (TPSA) is 109 Å². The minimum Gasteiger partial charge on any atom is -0.451 e. The van der Waals surface area contributed by atoms with Gasteiger partial charge < -0.3 is 28.0 Å². The van der Waals surface area contributed by atoms with E-state index >= 15 is 0 Å². The maximum absolute atomic E-state index is 5.57. The van der Waals surface area contributed by atoms with E-state index in [4.69, 9.17) is 22.7 Å². The molecule has 3 aromatic rings. The molecule has 2 fully saturated rings. The van der Waals surface area contributed by atoms with Crippen molar-refractivity contribution in [1.29, 1.82) is 0 Å². The molecule has 12 heteroatoms. The van der Waals surface area contributed by atoms with E-state index in [-0.39, 0.29) is 0 Å². The molecule has 6 unspecified atom stereocenters. The first-order chi connectivity index (χ1) is 63.9. The lowest BCUT2D eigenvalue weighted by molar-refractivity contribution is 0.0379. The van der Waals surface area contributed by atoms with Gasteiger partial charge in [0, 0.05) is 29.1 Å². The van der Waals surface area contributed by atoms with Crippen molar-refractivity contribution in [2.75, 3.05) is 49.3 Å². The maximum atomic E-state index is 5.57. The monoisotopic (exact) mass is 1960 g/mol. The minimum absolute atomic E-state index is 0.365. The van der Waals surface area contributed by atoms with Crippen LogP contribution in [0.5, 0.6) is 0 Å². The van der Waals surface area contributed by atoms with Crippen LogP contribution in [0.4, 0.5) is 0 Å². The van der Waals surface area contributed by atoms with E-state index in [1.165, 1.54) is 164 Å². The van der Waals surface area contributed by atoms with Crippen LogP contribution in [0.3, 0.4) is 0 Å². The number of hydrogen-bond acceptors (Lipinski definition) is 12. The van der Waals surface area contributed by atoms with Crippen molar-refractivity contribution in [3.05, 3.63) is 128 Å². The van der Waals surface area contributed by atoms with Gasteiger partial charge in [-0.2, -0.15) is 35.3 Å². The number of hydrogen-bond donors (Lipinski definition) is 1. The largest absolute Gasteiger partial charge is 0.451 e. The number of allylic oxidation sites excluding steroid dienone is 6. The van der Waals surface area contributed by atoms with Crippen LogP contribution in [0.15, 0.2) is 124 Å². The molecule has 0 radical (unpaired) electrons. The normalized spacial score (nSPS) is 17.6. The third-order valence-electron chi connectivity index (χ3n) is 18.4. The van der Waals surface area contributed by atoms with Crippen molar-refractivity contribution in [2.24, 2.45) is 73.9 Å². The smallest absolute Gasteiger partial charge is 0.194 e. The van der Waals surface area contributed by atoms with Crippen LogP contribution in [-0.4, -0.2) is 87.0 Å². The highest BCUT2D eigenvalue weighted by Gasteiger charge is 2.24. The van der Waals surface area contributed by atoms with Crippen LogP contribution in [0, 0.1) is 73.9 Å². The highest BCUT2D eigenvalue weighted by Crippen LogP contribution is 2.35. The summed E-state index contributed by atoms with van der Waals surface area (Å²) >= 11 is 6.28. The summed E-state index contributed by atoms with van der Waals surface area (Å²) in [6, 6.07) is 0. The summed E-state index contributed by atoms with van der Waals surface area (Å²) in [4.78, 5) is 11.8. The molecular weight excluding hydrogens is 1710 g/mol. The van der Waals surface area contributed by atoms with Gasteiger partial charge in [0.15, 0.2) is 18.7 Å². The van der Waals surface area contributed by atoms with E-state index in [0.29, 0.717) is 62.5 Å². The summed E-state index contributed by atoms with van der Waals surface area (Å²) in [6.45, 7) is 116. The zero-order chi connectivity index (χ0) is 108. The summed E-state index contributed by atoms with van der Waals surface area (Å²) in [7, 11) is 0. The molecule has 0 amide bonds. The Bertz CT molecular complexity index is 2410. The van der Waals surface area contributed by atoms with Crippen LogP contribution < -0.4 is 5.32 Å². The fraction of sp³-hybridized carbons (Fsp3) is 0.829. The Morgan fingerprint density at radius 1 is 0.400 bits per heavy atom. The molecule has 9 heterocycles. The van der Waals surface area contributed by atoms with Gasteiger partial charge in [0.2, 0.25) is 0 Å². The molecule has 1 N–H and O–H groups in total.